The van der Waals surface area contributed by atoms with Gasteiger partial charge in [-0.05, 0) is 25.5 Å². The summed E-state index contributed by atoms with van der Waals surface area (Å²) in [5.41, 5.74) is 8.10. The summed E-state index contributed by atoms with van der Waals surface area (Å²) in [5, 5.41) is 3.10. The Kier molecular flexibility index (Phi) is 9.38. The van der Waals surface area contributed by atoms with Gasteiger partial charge in [-0.25, -0.2) is 4.99 Å². The summed E-state index contributed by atoms with van der Waals surface area (Å²) in [5.74, 6) is 1.27. The molecule has 136 valence electrons. The zero-order chi connectivity index (χ0) is 16.7. The van der Waals surface area contributed by atoms with E-state index in [4.69, 9.17) is 19.9 Å². The Bertz CT molecular complexity index is 534. The number of halogens is 1. The molecular formula is C17H28IN3O3. The van der Waals surface area contributed by atoms with Gasteiger partial charge in [0.2, 0.25) is 0 Å². The van der Waals surface area contributed by atoms with Crippen LogP contribution in [0.2, 0.25) is 0 Å². The average Bonchev–Trinajstić information content (AvgIpc) is 2.99. The minimum absolute atomic E-state index is 0. The standard InChI is InChI=1S/C17H27N3O3.HI/c1-12-4-5-14(9-19-17(18)20-13(2)10-21-3)16(8-12)23-15-6-7-22-11-15;/h4-5,8,13,15H,6-7,9-11H2,1-3H3,(H3,18,19,20);1H. The van der Waals surface area contributed by atoms with Crippen LogP contribution in [0.3, 0.4) is 0 Å². The number of hydrogen-bond acceptors (Lipinski definition) is 4. The summed E-state index contributed by atoms with van der Waals surface area (Å²) in [4.78, 5) is 4.40. The van der Waals surface area contributed by atoms with Crippen molar-refractivity contribution < 1.29 is 14.2 Å². The van der Waals surface area contributed by atoms with Crippen molar-refractivity contribution in [1.82, 2.24) is 5.32 Å². The van der Waals surface area contributed by atoms with Gasteiger partial charge in [0.15, 0.2) is 5.96 Å². The second-order valence-electron chi connectivity index (χ2n) is 5.92. The number of nitrogens with one attached hydrogen (secondary N) is 1. The van der Waals surface area contributed by atoms with Gasteiger partial charge in [-0.1, -0.05) is 12.1 Å². The number of aryl methyl sites for hydroxylation is 1. The van der Waals surface area contributed by atoms with Crippen molar-refractivity contribution in [2.75, 3.05) is 26.9 Å². The van der Waals surface area contributed by atoms with Gasteiger partial charge in [0.1, 0.15) is 11.9 Å². The lowest BCUT2D eigenvalue weighted by molar-refractivity contribution is 0.140. The maximum atomic E-state index is 6.06. The third-order valence-electron chi connectivity index (χ3n) is 3.63. The van der Waals surface area contributed by atoms with Gasteiger partial charge < -0.3 is 25.3 Å². The first-order valence-electron chi connectivity index (χ1n) is 7.97. The number of methoxy groups -OCH3 is 1. The van der Waals surface area contributed by atoms with Crippen molar-refractivity contribution in [3.63, 3.8) is 0 Å². The monoisotopic (exact) mass is 449 g/mol. The van der Waals surface area contributed by atoms with Crippen LogP contribution in [-0.2, 0) is 16.0 Å². The Hall–Kier alpha value is -1.06. The number of nitrogens with two attached hydrogens (primary N) is 1. The normalized spacial score (nSPS) is 18.8. The number of nitrogens with zero attached hydrogens (tertiary/aromatic N) is 1. The molecule has 1 aromatic rings. The zero-order valence-electron chi connectivity index (χ0n) is 14.6. The number of rotatable bonds is 7. The highest BCUT2D eigenvalue weighted by Gasteiger charge is 2.18. The molecule has 1 saturated heterocycles. The third kappa shape index (κ3) is 6.82. The van der Waals surface area contributed by atoms with E-state index in [1.54, 1.807) is 7.11 Å². The number of guanidine groups is 1. The molecule has 3 N–H and O–H groups in total. The van der Waals surface area contributed by atoms with E-state index in [0.717, 1.165) is 29.9 Å². The maximum Gasteiger partial charge on any atom is 0.189 e. The highest BCUT2D eigenvalue weighted by Crippen LogP contribution is 2.24. The summed E-state index contributed by atoms with van der Waals surface area (Å²) >= 11 is 0. The van der Waals surface area contributed by atoms with Gasteiger partial charge in [0.25, 0.3) is 0 Å². The van der Waals surface area contributed by atoms with Crippen LogP contribution in [0.5, 0.6) is 5.75 Å². The van der Waals surface area contributed by atoms with Crippen LogP contribution < -0.4 is 15.8 Å². The molecule has 0 spiro atoms. The molecule has 0 bridgehead atoms. The van der Waals surface area contributed by atoms with Gasteiger partial charge in [-0.15, -0.1) is 24.0 Å². The van der Waals surface area contributed by atoms with Crippen LogP contribution in [0.25, 0.3) is 0 Å². The predicted octanol–water partition coefficient (Wildman–Crippen LogP) is 2.22. The highest BCUT2D eigenvalue weighted by atomic mass is 127. The molecule has 1 aliphatic heterocycles. The Morgan fingerprint density at radius 1 is 1.50 bits per heavy atom. The minimum atomic E-state index is 0. The lowest BCUT2D eigenvalue weighted by atomic mass is 10.1. The van der Waals surface area contributed by atoms with Crippen molar-refractivity contribution >= 4 is 29.9 Å². The fraction of sp³-hybridized carbons (Fsp3) is 0.588. The van der Waals surface area contributed by atoms with Crippen LogP contribution in [0.15, 0.2) is 23.2 Å². The Morgan fingerprint density at radius 2 is 2.29 bits per heavy atom. The molecule has 0 aromatic heterocycles. The van der Waals surface area contributed by atoms with E-state index in [-0.39, 0.29) is 36.1 Å². The largest absolute Gasteiger partial charge is 0.488 e. The zero-order valence-corrected chi connectivity index (χ0v) is 16.9. The molecule has 0 saturated carbocycles. The summed E-state index contributed by atoms with van der Waals surface area (Å²) in [6.07, 6.45) is 1.05. The molecule has 0 aliphatic carbocycles. The van der Waals surface area contributed by atoms with E-state index in [9.17, 15) is 0 Å². The van der Waals surface area contributed by atoms with Crippen LogP contribution in [0.1, 0.15) is 24.5 Å². The van der Waals surface area contributed by atoms with Crippen molar-refractivity contribution in [3.8, 4) is 5.75 Å². The van der Waals surface area contributed by atoms with Gasteiger partial charge in [0.05, 0.1) is 26.4 Å². The summed E-state index contributed by atoms with van der Waals surface area (Å²) < 4.78 is 16.5. The van der Waals surface area contributed by atoms with Crippen LogP contribution in [0, 0.1) is 6.92 Å². The van der Waals surface area contributed by atoms with Crippen molar-refractivity contribution in [1.29, 1.82) is 0 Å². The minimum Gasteiger partial charge on any atom is -0.488 e. The molecule has 2 atom stereocenters. The maximum absolute atomic E-state index is 6.06. The molecule has 24 heavy (non-hydrogen) atoms. The molecule has 2 rings (SSSR count). The molecule has 1 aliphatic rings. The third-order valence-corrected chi connectivity index (χ3v) is 3.63. The Labute approximate surface area is 161 Å². The smallest absolute Gasteiger partial charge is 0.189 e. The van der Waals surface area contributed by atoms with E-state index in [2.05, 4.69) is 16.4 Å². The van der Waals surface area contributed by atoms with Gasteiger partial charge in [0, 0.05) is 25.1 Å². The quantitative estimate of drug-likeness (QED) is 0.379. The lowest BCUT2D eigenvalue weighted by Gasteiger charge is -2.16. The first-order chi connectivity index (χ1) is 11.1. The molecule has 1 fully saturated rings. The van der Waals surface area contributed by atoms with Gasteiger partial charge in [-0.3, -0.25) is 0 Å². The molecule has 2 unspecified atom stereocenters. The Balaban J connectivity index is 0.00000288. The number of hydrogen-bond donors (Lipinski definition) is 2. The number of aliphatic imine (C=N–C) groups is 1. The topological polar surface area (TPSA) is 78.1 Å². The van der Waals surface area contributed by atoms with Crippen molar-refractivity contribution in [2.24, 2.45) is 10.7 Å². The van der Waals surface area contributed by atoms with Crippen LogP contribution >= 0.6 is 24.0 Å². The van der Waals surface area contributed by atoms with E-state index >= 15 is 0 Å². The number of ether oxygens (including phenoxy) is 3. The second kappa shape index (κ2) is 10.7. The molecular weight excluding hydrogens is 421 g/mol. The fourth-order valence-electron chi connectivity index (χ4n) is 2.45. The fourth-order valence-corrected chi connectivity index (χ4v) is 2.45. The van der Waals surface area contributed by atoms with Crippen LogP contribution in [-0.4, -0.2) is 45.0 Å². The highest BCUT2D eigenvalue weighted by molar-refractivity contribution is 14.0. The van der Waals surface area contributed by atoms with E-state index in [0.29, 0.717) is 25.7 Å². The first-order valence-corrected chi connectivity index (χ1v) is 7.97. The first kappa shape index (κ1) is 21.0. The van der Waals surface area contributed by atoms with Crippen LogP contribution in [0.4, 0.5) is 0 Å². The SMILES string of the molecule is COCC(C)NC(N)=NCc1ccc(C)cc1OC1CCOC1.I. The molecule has 0 amide bonds. The summed E-state index contributed by atoms with van der Waals surface area (Å²) in [6, 6.07) is 6.25. The summed E-state index contributed by atoms with van der Waals surface area (Å²) in [7, 11) is 1.66. The molecule has 1 heterocycles. The van der Waals surface area contributed by atoms with Crippen molar-refractivity contribution in [3.05, 3.63) is 29.3 Å². The molecule has 1 aromatic carbocycles. The van der Waals surface area contributed by atoms with Gasteiger partial charge in [-0.2, -0.15) is 0 Å². The molecule has 0 radical (unpaired) electrons. The number of benzene rings is 1. The summed E-state index contributed by atoms with van der Waals surface area (Å²) in [6.45, 7) is 6.51. The lowest BCUT2D eigenvalue weighted by Crippen LogP contribution is -2.40. The van der Waals surface area contributed by atoms with E-state index in [1.165, 1.54) is 0 Å². The average molecular weight is 449 g/mol. The van der Waals surface area contributed by atoms with Crippen molar-refractivity contribution in [2.45, 2.75) is 39.0 Å². The second-order valence-corrected chi connectivity index (χ2v) is 5.92. The van der Waals surface area contributed by atoms with E-state index in [1.807, 2.05) is 26.0 Å². The molecule has 6 nitrogen and oxygen atoms in total. The van der Waals surface area contributed by atoms with E-state index < -0.39 is 0 Å². The molecule has 7 heteroatoms. The Morgan fingerprint density at radius 3 is 2.96 bits per heavy atom. The van der Waals surface area contributed by atoms with Gasteiger partial charge >= 0.3 is 0 Å². The predicted molar refractivity (Wildman–Crippen MR) is 106 cm³/mol.